The lowest BCUT2D eigenvalue weighted by atomic mass is 10.0. The Balaban J connectivity index is 1.63. The van der Waals surface area contributed by atoms with E-state index in [0.717, 1.165) is 23.2 Å². The number of nitrogens with one attached hydrogen (secondary N) is 1. The second-order valence-corrected chi connectivity index (χ2v) is 6.03. The van der Waals surface area contributed by atoms with Gasteiger partial charge in [0.05, 0.1) is 6.54 Å². The maximum absolute atomic E-state index is 12.0. The maximum atomic E-state index is 12.0. The van der Waals surface area contributed by atoms with Gasteiger partial charge in [0.2, 0.25) is 11.8 Å². The molecule has 1 aliphatic heterocycles. The van der Waals surface area contributed by atoms with Crippen LogP contribution in [0.1, 0.15) is 23.9 Å². The molecule has 0 saturated carbocycles. The second kappa shape index (κ2) is 6.45. The summed E-state index contributed by atoms with van der Waals surface area (Å²) >= 11 is 0. The van der Waals surface area contributed by atoms with E-state index < -0.39 is 0 Å². The Morgan fingerprint density at radius 2 is 1.92 bits per heavy atom. The summed E-state index contributed by atoms with van der Waals surface area (Å²) in [5.74, 6) is 0.774. The number of benzene rings is 2. The number of carbonyl (C=O) groups excluding carboxylic acids is 1. The lowest BCUT2D eigenvalue weighted by Gasteiger charge is -2.28. The van der Waals surface area contributed by atoms with Gasteiger partial charge in [0, 0.05) is 25.6 Å². The standard InChI is InChI=1S/C19H19N3O2/c23-18-12-16(14-6-2-1-3-7-14)22(11-10-20-18)13-19-21-15-8-4-5-9-17(15)24-19/h1-9,16H,10-13H2,(H,20,23)/t16-/m1/s1. The number of rotatable bonds is 3. The fraction of sp³-hybridized carbons (Fsp3) is 0.263. The fourth-order valence-electron chi connectivity index (χ4n) is 3.23. The van der Waals surface area contributed by atoms with Gasteiger partial charge in [-0.05, 0) is 17.7 Å². The largest absolute Gasteiger partial charge is 0.439 e. The monoisotopic (exact) mass is 321 g/mol. The van der Waals surface area contributed by atoms with Crippen molar-refractivity contribution in [2.45, 2.75) is 19.0 Å². The number of carbonyl (C=O) groups is 1. The Morgan fingerprint density at radius 1 is 1.12 bits per heavy atom. The van der Waals surface area contributed by atoms with Crippen LogP contribution in [0.3, 0.4) is 0 Å². The zero-order chi connectivity index (χ0) is 16.4. The summed E-state index contributed by atoms with van der Waals surface area (Å²) in [6.07, 6.45) is 0.449. The normalized spacial score (nSPS) is 19.2. The molecule has 0 spiro atoms. The third-order valence-electron chi connectivity index (χ3n) is 4.40. The molecule has 1 atom stereocenters. The van der Waals surface area contributed by atoms with Crippen molar-refractivity contribution in [3.8, 4) is 0 Å². The second-order valence-electron chi connectivity index (χ2n) is 6.03. The van der Waals surface area contributed by atoms with Crippen molar-refractivity contribution >= 4 is 17.0 Å². The van der Waals surface area contributed by atoms with Gasteiger partial charge in [-0.25, -0.2) is 4.98 Å². The van der Waals surface area contributed by atoms with Gasteiger partial charge < -0.3 is 9.73 Å². The minimum Gasteiger partial charge on any atom is -0.439 e. The first-order valence-corrected chi connectivity index (χ1v) is 8.20. The zero-order valence-corrected chi connectivity index (χ0v) is 13.3. The number of hydrogen-bond acceptors (Lipinski definition) is 4. The molecule has 0 unspecified atom stereocenters. The molecular weight excluding hydrogens is 302 g/mol. The summed E-state index contributed by atoms with van der Waals surface area (Å²) in [5.41, 5.74) is 2.81. The first-order chi connectivity index (χ1) is 11.8. The van der Waals surface area contributed by atoms with Crippen LogP contribution in [-0.4, -0.2) is 28.9 Å². The van der Waals surface area contributed by atoms with Gasteiger partial charge in [-0.3, -0.25) is 9.69 Å². The average molecular weight is 321 g/mol. The number of amides is 1. The fourth-order valence-corrected chi connectivity index (χ4v) is 3.23. The van der Waals surface area contributed by atoms with Crippen LogP contribution in [0.15, 0.2) is 59.0 Å². The highest BCUT2D eigenvalue weighted by molar-refractivity contribution is 5.77. The highest BCUT2D eigenvalue weighted by Gasteiger charge is 2.27. The van der Waals surface area contributed by atoms with E-state index in [1.807, 2.05) is 42.5 Å². The number of hydrogen-bond donors (Lipinski definition) is 1. The SMILES string of the molecule is O=C1C[C@H](c2ccccc2)N(Cc2nc3ccccc3o2)CCN1. The van der Waals surface area contributed by atoms with Gasteiger partial charge in [0.25, 0.3) is 0 Å². The van der Waals surface area contributed by atoms with Crippen LogP contribution in [0.5, 0.6) is 0 Å². The third-order valence-corrected chi connectivity index (χ3v) is 4.40. The van der Waals surface area contributed by atoms with Gasteiger partial charge in [-0.15, -0.1) is 0 Å². The van der Waals surface area contributed by atoms with Crippen LogP contribution >= 0.6 is 0 Å². The molecule has 1 aromatic heterocycles. The van der Waals surface area contributed by atoms with Crippen molar-refractivity contribution in [1.29, 1.82) is 0 Å². The number of oxazole rings is 1. The smallest absolute Gasteiger partial charge is 0.221 e. The molecule has 2 heterocycles. The maximum Gasteiger partial charge on any atom is 0.221 e. The number of fused-ring (bicyclic) bond motifs is 1. The van der Waals surface area contributed by atoms with Crippen molar-refractivity contribution < 1.29 is 9.21 Å². The first kappa shape index (κ1) is 14.9. The van der Waals surface area contributed by atoms with Crippen LogP contribution in [0.2, 0.25) is 0 Å². The van der Waals surface area contributed by atoms with E-state index in [4.69, 9.17) is 4.42 Å². The van der Waals surface area contributed by atoms with E-state index in [1.165, 1.54) is 0 Å². The zero-order valence-electron chi connectivity index (χ0n) is 13.3. The third kappa shape index (κ3) is 3.03. The Labute approximate surface area is 140 Å². The van der Waals surface area contributed by atoms with Crippen molar-refractivity contribution in [3.05, 3.63) is 66.1 Å². The van der Waals surface area contributed by atoms with Crippen molar-refractivity contribution in [3.63, 3.8) is 0 Å². The van der Waals surface area contributed by atoms with Crippen LogP contribution < -0.4 is 5.32 Å². The van der Waals surface area contributed by atoms with Gasteiger partial charge in [0.1, 0.15) is 5.52 Å². The minimum absolute atomic E-state index is 0.0312. The lowest BCUT2D eigenvalue weighted by molar-refractivity contribution is -0.121. The molecule has 1 N–H and O–H groups in total. The molecular formula is C19H19N3O2. The summed E-state index contributed by atoms with van der Waals surface area (Å²) in [6.45, 7) is 2.00. The van der Waals surface area contributed by atoms with Crippen LogP contribution in [0, 0.1) is 0 Å². The molecule has 5 nitrogen and oxygen atoms in total. The summed E-state index contributed by atoms with van der Waals surface area (Å²) in [4.78, 5) is 18.9. The summed E-state index contributed by atoms with van der Waals surface area (Å²) in [7, 11) is 0. The van der Waals surface area contributed by atoms with E-state index >= 15 is 0 Å². The topological polar surface area (TPSA) is 58.4 Å². The summed E-state index contributed by atoms with van der Waals surface area (Å²) < 4.78 is 5.86. The van der Waals surface area contributed by atoms with E-state index in [2.05, 4.69) is 27.3 Å². The predicted molar refractivity (Wildman–Crippen MR) is 91.2 cm³/mol. The molecule has 0 aliphatic carbocycles. The molecule has 4 rings (SSSR count). The van der Waals surface area contributed by atoms with Gasteiger partial charge in [-0.1, -0.05) is 42.5 Å². The molecule has 24 heavy (non-hydrogen) atoms. The van der Waals surface area contributed by atoms with Crippen LogP contribution in [0.25, 0.3) is 11.1 Å². The molecule has 1 amide bonds. The van der Waals surface area contributed by atoms with E-state index in [9.17, 15) is 4.79 Å². The number of nitrogens with zero attached hydrogens (tertiary/aromatic N) is 2. The Morgan fingerprint density at radius 3 is 2.75 bits per heavy atom. The molecule has 1 fully saturated rings. The first-order valence-electron chi connectivity index (χ1n) is 8.20. The molecule has 2 aromatic carbocycles. The molecule has 0 bridgehead atoms. The van der Waals surface area contributed by atoms with Crippen molar-refractivity contribution in [1.82, 2.24) is 15.2 Å². The molecule has 5 heteroatoms. The van der Waals surface area contributed by atoms with E-state index in [-0.39, 0.29) is 11.9 Å². The highest BCUT2D eigenvalue weighted by Crippen LogP contribution is 2.27. The molecule has 3 aromatic rings. The van der Waals surface area contributed by atoms with Crippen molar-refractivity contribution in [2.24, 2.45) is 0 Å². The predicted octanol–water partition coefficient (Wildman–Crippen LogP) is 2.89. The molecule has 1 saturated heterocycles. The number of para-hydroxylation sites is 2. The molecule has 0 radical (unpaired) electrons. The Hall–Kier alpha value is -2.66. The number of aromatic nitrogens is 1. The molecule has 1 aliphatic rings. The van der Waals surface area contributed by atoms with Crippen molar-refractivity contribution in [2.75, 3.05) is 13.1 Å². The summed E-state index contributed by atoms with van der Waals surface area (Å²) in [5, 5.41) is 2.95. The van der Waals surface area contributed by atoms with Crippen LogP contribution in [-0.2, 0) is 11.3 Å². The van der Waals surface area contributed by atoms with E-state index in [0.29, 0.717) is 25.4 Å². The van der Waals surface area contributed by atoms with E-state index in [1.54, 1.807) is 0 Å². The van der Waals surface area contributed by atoms with Gasteiger partial charge in [0.15, 0.2) is 5.58 Å². The summed E-state index contributed by atoms with van der Waals surface area (Å²) in [6, 6.07) is 18.0. The highest BCUT2D eigenvalue weighted by atomic mass is 16.3. The lowest BCUT2D eigenvalue weighted by Crippen LogP contribution is -2.30. The molecule has 122 valence electrons. The van der Waals surface area contributed by atoms with Gasteiger partial charge in [-0.2, -0.15) is 0 Å². The van der Waals surface area contributed by atoms with Gasteiger partial charge >= 0.3 is 0 Å². The average Bonchev–Trinajstić information content (AvgIpc) is 2.93. The minimum atomic E-state index is 0.0312. The Bertz CT molecular complexity index is 811. The van der Waals surface area contributed by atoms with Crippen LogP contribution in [0.4, 0.5) is 0 Å². The Kier molecular flexibility index (Phi) is 4.01. The quantitative estimate of drug-likeness (QED) is 0.806.